The molecule has 0 bridgehead atoms. The van der Waals surface area contributed by atoms with Gasteiger partial charge in [0.2, 0.25) is 0 Å². The summed E-state index contributed by atoms with van der Waals surface area (Å²) in [6, 6.07) is 14.2. The first-order chi connectivity index (χ1) is 18.3. The van der Waals surface area contributed by atoms with Crippen LogP contribution in [0, 0.1) is 20.8 Å². The number of hydrogen-bond acceptors (Lipinski definition) is 6. The average molecular weight is 593 g/mol. The largest absolute Gasteiger partial charge is 0.497 e. The number of benzene rings is 2. The summed E-state index contributed by atoms with van der Waals surface area (Å²) in [6.07, 6.45) is 1.03. The molecule has 4 rings (SSSR count). The summed E-state index contributed by atoms with van der Waals surface area (Å²) in [5.74, 6) is 1.37. The van der Waals surface area contributed by atoms with Gasteiger partial charge in [-0.2, -0.15) is 0 Å². The summed E-state index contributed by atoms with van der Waals surface area (Å²) in [6.45, 7) is 12.7. The number of anilines is 1. The molecule has 3 aromatic rings. The van der Waals surface area contributed by atoms with E-state index in [9.17, 15) is 9.90 Å². The number of nitrogens with one attached hydrogen (secondary N) is 1. The van der Waals surface area contributed by atoms with Gasteiger partial charge in [0.15, 0.2) is 0 Å². The smallest absolute Gasteiger partial charge is 0.271 e. The van der Waals surface area contributed by atoms with Crippen molar-refractivity contribution in [3.8, 4) is 11.4 Å². The normalized spacial score (nSPS) is 14.2. The monoisotopic (exact) mass is 591 g/mol. The summed E-state index contributed by atoms with van der Waals surface area (Å²) in [7, 11) is 1.64. The van der Waals surface area contributed by atoms with E-state index < -0.39 is 6.10 Å². The van der Waals surface area contributed by atoms with Crippen LogP contribution in [0.2, 0.25) is 0 Å². The van der Waals surface area contributed by atoms with E-state index in [0.29, 0.717) is 12.2 Å². The fraction of sp³-hybridized carbons (Fsp3) is 0.467. The maximum absolute atomic E-state index is 13.1. The molecule has 0 radical (unpaired) electrons. The van der Waals surface area contributed by atoms with Crippen molar-refractivity contribution in [1.82, 2.24) is 19.8 Å². The van der Waals surface area contributed by atoms with E-state index >= 15 is 0 Å². The molecule has 0 spiro atoms. The number of carbonyl (C=O) groups excluding carboxylic acids is 1. The first kappa shape index (κ1) is 33.4. The Labute approximate surface area is 250 Å². The third-order valence-corrected chi connectivity index (χ3v) is 7.45. The van der Waals surface area contributed by atoms with Gasteiger partial charge >= 0.3 is 0 Å². The molecule has 1 aromatic heterocycles. The molecule has 2 aromatic carbocycles. The van der Waals surface area contributed by atoms with Gasteiger partial charge in [0.05, 0.1) is 18.9 Å². The van der Waals surface area contributed by atoms with Crippen LogP contribution in [0.15, 0.2) is 42.5 Å². The van der Waals surface area contributed by atoms with Crippen LogP contribution in [-0.4, -0.2) is 77.9 Å². The Kier molecular flexibility index (Phi) is 12.8. The minimum absolute atomic E-state index is 0. The minimum atomic E-state index is -0.648. The number of aryl methyl sites for hydroxylation is 2. The fourth-order valence-corrected chi connectivity index (χ4v) is 5.15. The lowest BCUT2D eigenvalue weighted by molar-refractivity contribution is 0.0847. The SMILES string of the molecule is CCCc1nc(C(=O)NCC(O)CN2CCN(c3cccc(C)c3C)CC2)c(C)n1-c1ccc(OC)cc1.Cl.Cl. The number of nitrogens with zero attached hydrogens (tertiary/aromatic N) is 4. The second-order valence-corrected chi connectivity index (χ2v) is 10.1. The van der Waals surface area contributed by atoms with Crippen LogP contribution in [0.25, 0.3) is 5.69 Å². The molecule has 40 heavy (non-hydrogen) atoms. The number of aromatic nitrogens is 2. The number of methoxy groups -OCH3 is 1. The fourth-order valence-electron chi connectivity index (χ4n) is 5.15. The molecule has 1 amide bonds. The second-order valence-electron chi connectivity index (χ2n) is 10.1. The third kappa shape index (κ3) is 7.69. The van der Waals surface area contributed by atoms with E-state index in [1.54, 1.807) is 7.11 Å². The van der Waals surface area contributed by atoms with Gasteiger partial charge in [-0.05, 0) is 68.7 Å². The van der Waals surface area contributed by atoms with Crippen molar-refractivity contribution in [2.75, 3.05) is 51.3 Å². The Morgan fingerprint density at radius 3 is 2.35 bits per heavy atom. The van der Waals surface area contributed by atoms with Crippen LogP contribution in [-0.2, 0) is 6.42 Å². The molecule has 1 aliphatic heterocycles. The first-order valence-corrected chi connectivity index (χ1v) is 13.5. The van der Waals surface area contributed by atoms with Crippen molar-refractivity contribution in [2.24, 2.45) is 0 Å². The Hall–Kier alpha value is -2.78. The lowest BCUT2D eigenvalue weighted by atomic mass is 10.1. The second kappa shape index (κ2) is 15.3. The standard InChI is InChI=1S/C30H41N5O3.2ClH/c1-6-8-28-32-29(23(4)35(28)24-11-13-26(38-5)14-12-24)30(37)31-19-25(36)20-33-15-17-34(18-16-33)27-10-7-9-21(2)22(27)3;;/h7,9-14,25,36H,6,8,15-20H2,1-5H3,(H,31,37);2*1H. The predicted molar refractivity (Wildman–Crippen MR) is 166 cm³/mol. The van der Waals surface area contributed by atoms with E-state index in [-0.39, 0.29) is 37.3 Å². The highest BCUT2D eigenvalue weighted by atomic mass is 35.5. The van der Waals surface area contributed by atoms with Gasteiger partial charge in [0.1, 0.15) is 17.3 Å². The molecule has 1 unspecified atom stereocenters. The van der Waals surface area contributed by atoms with E-state index in [4.69, 9.17) is 4.74 Å². The van der Waals surface area contributed by atoms with Crippen molar-refractivity contribution >= 4 is 36.4 Å². The predicted octanol–water partition coefficient (Wildman–Crippen LogP) is 4.52. The average Bonchev–Trinajstić information content (AvgIpc) is 3.25. The molecule has 220 valence electrons. The van der Waals surface area contributed by atoms with Crippen molar-refractivity contribution in [1.29, 1.82) is 0 Å². The molecule has 10 heteroatoms. The molecule has 8 nitrogen and oxygen atoms in total. The van der Waals surface area contributed by atoms with Crippen LogP contribution in [0.4, 0.5) is 5.69 Å². The Balaban J connectivity index is 0.00000280. The molecule has 0 aliphatic carbocycles. The van der Waals surface area contributed by atoms with Crippen LogP contribution >= 0.6 is 24.8 Å². The molecule has 2 N–H and O–H groups in total. The maximum Gasteiger partial charge on any atom is 0.271 e. The van der Waals surface area contributed by atoms with Crippen molar-refractivity contribution in [3.63, 3.8) is 0 Å². The molecule has 1 fully saturated rings. The molecule has 0 saturated carbocycles. The number of rotatable bonds is 10. The Morgan fingerprint density at radius 1 is 1.05 bits per heavy atom. The number of piperazine rings is 1. The summed E-state index contributed by atoms with van der Waals surface area (Å²) in [5, 5.41) is 13.6. The number of ether oxygens (including phenoxy) is 1. The number of halogens is 2. The molecular weight excluding hydrogens is 549 g/mol. The lowest BCUT2D eigenvalue weighted by Gasteiger charge is -2.37. The van der Waals surface area contributed by atoms with E-state index in [1.807, 2.05) is 35.8 Å². The number of amides is 1. The summed E-state index contributed by atoms with van der Waals surface area (Å²) < 4.78 is 7.31. The molecule has 2 heterocycles. The van der Waals surface area contributed by atoms with Crippen molar-refractivity contribution in [3.05, 3.63) is 70.8 Å². The van der Waals surface area contributed by atoms with E-state index in [0.717, 1.165) is 62.0 Å². The first-order valence-electron chi connectivity index (χ1n) is 13.5. The number of aliphatic hydroxyl groups is 1. The number of imidazole rings is 1. The lowest BCUT2D eigenvalue weighted by Crippen LogP contribution is -2.50. The van der Waals surface area contributed by atoms with Gasteiger partial charge in [0, 0.05) is 57.1 Å². The summed E-state index contributed by atoms with van der Waals surface area (Å²) >= 11 is 0. The van der Waals surface area contributed by atoms with Crippen LogP contribution < -0.4 is 15.0 Å². The maximum atomic E-state index is 13.1. The highest BCUT2D eigenvalue weighted by Gasteiger charge is 2.23. The molecule has 1 atom stereocenters. The Morgan fingerprint density at radius 2 is 1.73 bits per heavy atom. The van der Waals surface area contributed by atoms with Gasteiger partial charge in [-0.3, -0.25) is 9.69 Å². The van der Waals surface area contributed by atoms with E-state index in [1.165, 1.54) is 16.8 Å². The highest BCUT2D eigenvalue weighted by Crippen LogP contribution is 2.24. The number of carbonyl (C=O) groups is 1. The van der Waals surface area contributed by atoms with Gasteiger partial charge in [-0.25, -0.2) is 4.98 Å². The quantitative estimate of drug-likeness (QED) is 0.361. The molecule has 1 saturated heterocycles. The van der Waals surface area contributed by atoms with Crippen LogP contribution in [0.5, 0.6) is 5.75 Å². The van der Waals surface area contributed by atoms with Gasteiger partial charge in [-0.15, -0.1) is 24.8 Å². The molecular formula is C30H43Cl2N5O3. The number of hydrogen-bond donors (Lipinski definition) is 2. The molecule has 1 aliphatic rings. The zero-order valence-corrected chi connectivity index (χ0v) is 25.8. The summed E-state index contributed by atoms with van der Waals surface area (Å²) in [4.78, 5) is 22.5. The zero-order chi connectivity index (χ0) is 27.2. The zero-order valence-electron chi connectivity index (χ0n) is 24.1. The van der Waals surface area contributed by atoms with Crippen LogP contribution in [0.3, 0.4) is 0 Å². The highest BCUT2D eigenvalue weighted by molar-refractivity contribution is 5.93. The van der Waals surface area contributed by atoms with Crippen molar-refractivity contribution < 1.29 is 14.6 Å². The minimum Gasteiger partial charge on any atom is -0.497 e. The third-order valence-electron chi connectivity index (χ3n) is 7.45. The van der Waals surface area contributed by atoms with Gasteiger partial charge in [0.25, 0.3) is 5.91 Å². The van der Waals surface area contributed by atoms with Gasteiger partial charge in [-0.1, -0.05) is 19.1 Å². The summed E-state index contributed by atoms with van der Waals surface area (Å²) in [5.41, 5.74) is 6.06. The van der Waals surface area contributed by atoms with E-state index in [2.05, 4.69) is 59.1 Å². The van der Waals surface area contributed by atoms with Crippen molar-refractivity contribution in [2.45, 2.75) is 46.6 Å². The topological polar surface area (TPSA) is 82.9 Å². The number of aliphatic hydroxyl groups excluding tert-OH is 1. The number of β-amino-alcohol motifs (C(OH)–C–C–N with tert-alkyl or cyclic N) is 1. The van der Waals surface area contributed by atoms with Gasteiger partial charge < -0.3 is 24.6 Å². The Bertz CT molecular complexity index is 1240. The van der Waals surface area contributed by atoms with Crippen LogP contribution in [0.1, 0.15) is 46.5 Å².